The van der Waals surface area contributed by atoms with Gasteiger partial charge in [-0.05, 0) is 37.5 Å². The van der Waals surface area contributed by atoms with Crippen LogP contribution < -0.4 is 5.32 Å². The number of benzene rings is 1. The zero-order valence-electron chi connectivity index (χ0n) is 16.5. The van der Waals surface area contributed by atoms with Gasteiger partial charge in [-0.25, -0.2) is 0 Å². The van der Waals surface area contributed by atoms with Gasteiger partial charge in [-0.2, -0.15) is 0 Å². The number of amides is 2. The molecule has 29 heavy (non-hydrogen) atoms. The Morgan fingerprint density at radius 2 is 1.86 bits per heavy atom. The monoisotopic (exact) mass is 416 g/mol. The van der Waals surface area contributed by atoms with Crippen LogP contribution in [0.25, 0.3) is 0 Å². The van der Waals surface area contributed by atoms with Crippen molar-refractivity contribution in [1.82, 2.24) is 15.0 Å². The minimum absolute atomic E-state index is 0.130. The summed E-state index contributed by atoms with van der Waals surface area (Å²) in [6, 6.07) is 9.36. The topological polar surface area (TPSA) is 78.7 Å². The van der Waals surface area contributed by atoms with E-state index in [1.165, 1.54) is 0 Å². The first-order valence-electron chi connectivity index (χ1n) is 9.97. The standard InChI is InChI=1S/C21H25ClN4O3/c1-15-13-18(24-29-15)23-19(27)14-25-9-11-26(12-10-25)20(28)21(7-2-8-21)16-3-5-17(22)6-4-16/h3-6,13H,2,7-12,14H2,1H3,(H,23,24,27). The second-order valence-corrected chi connectivity index (χ2v) is 8.32. The summed E-state index contributed by atoms with van der Waals surface area (Å²) >= 11 is 6.02. The molecule has 1 saturated heterocycles. The fraction of sp³-hybridized carbons (Fsp3) is 0.476. The molecule has 0 spiro atoms. The summed E-state index contributed by atoms with van der Waals surface area (Å²) in [4.78, 5) is 29.5. The summed E-state index contributed by atoms with van der Waals surface area (Å²) in [5.41, 5.74) is 0.650. The molecular formula is C21H25ClN4O3. The van der Waals surface area contributed by atoms with Gasteiger partial charge < -0.3 is 14.7 Å². The highest BCUT2D eigenvalue weighted by Gasteiger charge is 2.47. The highest BCUT2D eigenvalue weighted by Crippen LogP contribution is 2.45. The van der Waals surface area contributed by atoms with E-state index in [-0.39, 0.29) is 18.4 Å². The van der Waals surface area contributed by atoms with Crippen molar-refractivity contribution < 1.29 is 14.1 Å². The van der Waals surface area contributed by atoms with Crippen LogP contribution in [0.4, 0.5) is 5.82 Å². The van der Waals surface area contributed by atoms with Crippen LogP contribution in [0.2, 0.25) is 5.02 Å². The predicted octanol–water partition coefficient (Wildman–Crippen LogP) is 2.84. The van der Waals surface area contributed by atoms with E-state index in [1.54, 1.807) is 13.0 Å². The summed E-state index contributed by atoms with van der Waals surface area (Å²) < 4.78 is 4.96. The summed E-state index contributed by atoms with van der Waals surface area (Å²) in [6.45, 7) is 4.66. The maximum atomic E-state index is 13.3. The van der Waals surface area contributed by atoms with Crippen molar-refractivity contribution in [1.29, 1.82) is 0 Å². The van der Waals surface area contributed by atoms with Crippen LogP contribution in [0, 0.1) is 6.92 Å². The molecule has 2 heterocycles. The fourth-order valence-electron chi connectivity index (χ4n) is 4.15. The minimum Gasteiger partial charge on any atom is -0.360 e. The van der Waals surface area contributed by atoms with Gasteiger partial charge in [-0.1, -0.05) is 35.3 Å². The Kier molecular flexibility index (Phi) is 5.61. The zero-order chi connectivity index (χ0) is 20.4. The SMILES string of the molecule is Cc1cc(NC(=O)CN2CCN(C(=O)C3(c4ccc(Cl)cc4)CCC3)CC2)no1. The van der Waals surface area contributed by atoms with Gasteiger partial charge in [-0.3, -0.25) is 14.5 Å². The van der Waals surface area contributed by atoms with Gasteiger partial charge in [0.15, 0.2) is 5.82 Å². The summed E-state index contributed by atoms with van der Waals surface area (Å²) in [5.74, 6) is 1.15. The Balaban J connectivity index is 1.32. The number of hydrogen-bond acceptors (Lipinski definition) is 5. The van der Waals surface area contributed by atoms with E-state index in [4.69, 9.17) is 16.1 Å². The van der Waals surface area contributed by atoms with E-state index in [2.05, 4.69) is 15.4 Å². The first-order chi connectivity index (χ1) is 14.0. The molecule has 8 heteroatoms. The lowest BCUT2D eigenvalue weighted by Gasteiger charge is -2.46. The molecule has 1 saturated carbocycles. The third-order valence-electron chi connectivity index (χ3n) is 5.94. The molecule has 2 aromatic rings. The third kappa shape index (κ3) is 4.16. The molecule has 1 aliphatic heterocycles. The molecule has 7 nitrogen and oxygen atoms in total. The van der Waals surface area contributed by atoms with Crippen LogP contribution in [-0.2, 0) is 15.0 Å². The number of nitrogens with zero attached hydrogens (tertiary/aromatic N) is 3. The summed E-state index contributed by atoms with van der Waals surface area (Å²) in [6.07, 6.45) is 2.83. The maximum absolute atomic E-state index is 13.3. The lowest BCUT2D eigenvalue weighted by atomic mass is 9.63. The molecule has 154 valence electrons. The van der Waals surface area contributed by atoms with Gasteiger partial charge in [0.2, 0.25) is 11.8 Å². The van der Waals surface area contributed by atoms with Crippen LogP contribution in [0.5, 0.6) is 0 Å². The van der Waals surface area contributed by atoms with Crippen LogP contribution in [-0.4, -0.2) is 59.5 Å². The molecule has 0 radical (unpaired) electrons. The summed E-state index contributed by atoms with van der Waals surface area (Å²) in [7, 11) is 0. The highest BCUT2D eigenvalue weighted by molar-refractivity contribution is 6.30. The van der Waals surface area contributed by atoms with Crippen LogP contribution >= 0.6 is 11.6 Å². The molecule has 1 aliphatic carbocycles. The molecule has 2 aliphatic rings. The molecular weight excluding hydrogens is 392 g/mol. The number of carbonyl (C=O) groups excluding carboxylic acids is 2. The van der Waals surface area contributed by atoms with E-state index < -0.39 is 5.41 Å². The molecule has 2 amide bonds. The van der Waals surface area contributed by atoms with Crippen LogP contribution in [0.15, 0.2) is 34.9 Å². The van der Waals surface area contributed by atoms with Gasteiger partial charge in [-0.15, -0.1) is 0 Å². The Labute approximate surface area is 175 Å². The fourth-order valence-corrected chi connectivity index (χ4v) is 4.27. The molecule has 0 unspecified atom stereocenters. The smallest absolute Gasteiger partial charge is 0.239 e. The number of carbonyl (C=O) groups is 2. The average molecular weight is 417 g/mol. The molecule has 4 rings (SSSR count). The highest BCUT2D eigenvalue weighted by atomic mass is 35.5. The molecule has 0 bridgehead atoms. The van der Waals surface area contributed by atoms with Gasteiger partial charge in [0.1, 0.15) is 5.76 Å². The Hall–Kier alpha value is -2.38. The van der Waals surface area contributed by atoms with Crippen molar-refractivity contribution >= 4 is 29.2 Å². The second kappa shape index (κ2) is 8.16. The maximum Gasteiger partial charge on any atom is 0.239 e. The predicted molar refractivity (Wildman–Crippen MR) is 110 cm³/mol. The second-order valence-electron chi connectivity index (χ2n) is 7.88. The normalized spacial score (nSPS) is 18.9. The van der Waals surface area contributed by atoms with E-state index in [9.17, 15) is 9.59 Å². The Morgan fingerprint density at radius 1 is 1.17 bits per heavy atom. The van der Waals surface area contributed by atoms with Crippen molar-refractivity contribution in [2.24, 2.45) is 0 Å². The van der Waals surface area contributed by atoms with Crippen molar-refractivity contribution in [3.8, 4) is 0 Å². The molecule has 1 aromatic carbocycles. The van der Waals surface area contributed by atoms with Crippen molar-refractivity contribution in [3.05, 3.63) is 46.7 Å². The number of halogens is 1. The molecule has 1 aromatic heterocycles. The summed E-state index contributed by atoms with van der Waals surface area (Å²) in [5, 5.41) is 7.19. The molecule has 1 N–H and O–H groups in total. The van der Waals surface area contributed by atoms with Crippen LogP contribution in [0.3, 0.4) is 0 Å². The van der Waals surface area contributed by atoms with E-state index >= 15 is 0 Å². The lowest BCUT2D eigenvalue weighted by molar-refractivity contribution is -0.142. The number of piperazine rings is 1. The Morgan fingerprint density at radius 3 is 2.41 bits per heavy atom. The number of hydrogen-bond donors (Lipinski definition) is 1. The van der Waals surface area contributed by atoms with Gasteiger partial charge in [0.25, 0.3) is 0 Å². The largest absolute Gasteiger partial charge is 0.360 e. The first-order valence-corrected chi connectivity index (χ1v) is 10.3. The van der Waals surface area contributed by atoms with Gasteiger partial charge >= 0.3 is 0 Å². The number of rotatable bonds is 5. The molecule has 0 atom stereocenters. The number of anilines is 1. The van der Waals surface area contributed by atoms with Crippen molar-refractivity contribution in [2.45, 2.75) is 31.6 Å². The minimum atomic E-state index is -0.408. The molecule has 2 fully saturated rings. The number of aryl methyl sites for hydroxylation is 1. The van der Waals surface area contributed by atoms with Gasteiger partial charge in [0.05, 0.1) is 12.0 Å². The zero-order valence-corrected chi connectivity index (χ0v) is 17.2. The van der Waals surface area contributed by atoms with Crippen LogP contribution in [0.1, 0.15) is 30.6 Å². The van der Waals surface area contributed by atoms with Crippen molar-refractivity contribution in [2.75, 3.05) is 38.0 Å². The van der Waals surface area contributed by atoms with E-state index in [1.807, 2.05) is 29.2 Å². The van der Waals surface area contributed by atoms with E-state index in [0.29, 0.717) is 42.8 Å². The van der Waals surface area contributed by atoms with Crippen molar-refractivity contribution in [3.63, 3.8) is 0 Å². The van der Waals surface area contributed by atoms with Gasteiger partial charge in [0, 0.05) is 37.3 Å². The average Bonchev–Trinajstić information content (AvgIpc) is 3.07. The Bertz CT molecular complexity index is 884. The number of nitrogens with one attached hydrogen (secondary N) is 1. The quantitative estimate of drug-likeness (QED) is 0.810. The first kappa shape index (κ1) is 19.9. The number of aromatic nitrogens is 1. The lowest BCUT2D eigenvalue weighted by Crippen LogP contribution is -2.57. The third-order valence-corrected chi connectivity index (χ3v) is 6.19. The van der Waals surface area contributed by atoms with E-state index in [0.717, 1.165) is 24.8 Å².